The number of aromatic amines is 1. The number of carbonyl (C=O) groups excluding carboxylic acids is 2. The van der Waals surface area contributed by atoms with Crippen molar-refractivity contribution in [2.45, 2.75) is 38.5 Å². The lowest BCUT2D eigenvalue weighted by molar-refractivity contribution is -0.122. The molecule has 0 bridgehead atoms. The predicted octanol–water partition coefficient (Wildman–Crippen LogP) is 3.01. The first kappa shape index (κ1) is 20.0. The topological polar surface area (TPSA) is 68.4 Å². The Bertz CT molecular complexity index is 799. The lowest BCUT2D eigenvalue weighted by Crippen LogP contribution is -2.40. The number of piperidine rings is 1. The average Bonchev–Trinajstić information content (AvgIpc) is 3.41. The van der Waals surface area contributed by atoms with Gasteiger partial charge in [0.05, 0.1) is 0 Å². The number of H-pyrrole nitrogens is 1. The molecule has 2 aliphatic heterocycles. The second-order valence-corrected chi connectivity index (χ2v) is 8.46. The van der Waals surface area contributed by atoms with Crippen molar-refractivity contribution in [3.63, 3.8) is 0 Å². The molecule has 2 saturated heterocycles. The number of aromatic nitrogens is 1. The van der Waals surface area contributed by atoms with Crippen LogP contribution in [0.5, 0.6) is 0 Å². The van der Waals surface area contributed by atoms with E-state index < -0.39 is 0 Å². The summed E-state index contributed by atoms with van der Waals surface area (Å²) >= 11 is 0. The number of likely N-dealkylation sites (tertiary alicyclic amines) is 2. The summed E-state index contributed by atoms with van der Waals surface area (Å²) in [7, 11) is 0. The maximum absolute atomic E-state index is 12.8. The van der Waals surface area contributed by atoms with E-state index in [4.69, 9.17) is 0 Å². The van der Waals surface area contributed by atoms with E-state index in [0.29, 0.717) is 18.0 Å². The fourth-order valence-electron chi connectivity index (χ4n) is 4.57. The van der Waals surface area contributed by atoms with Crippen molar-refractivity contribution in [1.29, 1.82) is 0 Å². The average molecular weight is 397 g/mol. The van der Waals surface area contributed by atoms with Crippen LogP contribution in [0.1, 0.15) is 49.0 Å². The quantitative estimate of drug-likeness (QED) is 0.707. The predicted molar refractivity (Wildman–Crippen MR) is 115 cm³/mol. The molecule has 2 fully saturated rings. The van der Waals surface area contributed by atoms with E-state index in [1.165, 1.54) is 25.9 Å². The highest BCUT2D eigenvalue weighted by Gasteiger charge is 2.26. The first-order valence-corrected chi connectivity index (χ1v) is 11.0. The molecule has 2 aliphatic rings. The van der Waals surface area contributed by atoms with Crippen LogP contribution in [0, 0.1) is 5.92 Å². The number of amides is 2. The Balaban J connectivity index is 1.17. The van der Waals surface area contributed by atoms with Gasteiger partial charge in [0.25, 0.3) is 5.91 Å². The van der Waals surface area contributed by atoms with Crippen LogP contribution < -0.4 is 5.32 Å². The molecule has 2 aromatic rings. The van der Waals surface area contributed by atoms with Crippen molar-refractivity contribution in [3.05, 3.63) is 36.0 Å². The van der Waals surface area contributed by atoms with Crippen LogP contribution in [0.4, 0.5) is 0 Å². The first-order chi connectivity index (χ1) is 14.2. The van der Waals surface area contributed by atoms with Crippen LogP contribution in [0.15, 0.2) is 30.3 Å². The second kappa shape index (κ2) is 9.44. The summed E-state index contributed by atoms with van der Waals surface area (Å²) in [5.74, 6) is 0.596. The van der Waals surface area contributed by atoms with Gasteiger partial charge in [-0.3, -0.25) is 9.59 Å². The smallest absolute Gasteiger partial charge is 0.270 e. The molecule has 3 heterocycles. The number of hydrogen-bond acceptors (Lipinski definition) is 3. The molecule has 1 aromatic carbocycles. The number of hydrogen-bond donors (Lipinski definition) is 2. The molecule has 2 N–H and O–H groups in total. The van der Waals surface area contributed by atoms with Crippen LogP contribution in [-0.2, 0) is 4.79 Å². The van der Waals surface area contributed by atoms with Gasteiger partial charge >= 0.3 is 0 Å². The minimum Gasteiger partial charge on any atom is -0.356 e. The third-order valence-corrected chi connectivity index (χ3v) is 6.31. The highest BCUT2D eigenvalue weighted by molar-refractivity contribution is 5.98. The van der Waals surface area contributed by atoms with Crippen LogP contribution in [0.25, 0.3) is 10.9 Å². The van der Waals surface area contributed by atoms with E-state index in [1.54, 1.807) is 0 Å². The van der Waals surface area contributed by atoms with Gasteiger partial charge in [0.15, 0.2) is 0 Å². The zero-order valence-electron chi connectivity index (χ0n) is 17.2. The molecule has 156 valence electrons. The summed E-state index contributed by atoms with van der Waals surface area (Å²) in [6.45, 7) is 5.73. The SMILES string of the molecule is O=C(CC1CCN(C(=O)c2cc3ccccc3[nH]2)CC1)NCCCN1CCCC1. The van der Waals surface area contributed by atoms with Gasteiger partial charge in [0.1, 0.15) is 5.69 Å². The zero-order valence-corrected chi connectivity index (χ0v) is 17.2. The van der Waals surface area contributed by atoms with Gasteiger partial charge in [0.2, 0.25) is 5.91 Å². The van der Waals surface area contributed by atoms with E-state index in [1.807, 2.05) is 35.2 Å². The Morgan fingerprint density at radius 2 is 1.83 bits per heavy atom. The number of benzene rings is 1. The fourth-order valence-corrected chi connectivity index (χ4v) is 4.57. The van der Waals surface area contributed by atoms with Crippen molar-refractivity contribution < 1.29 is 9.59 Å². The number of carbonyl (C=O) groups is 2. The van der Waals surface area contributed by atoms with Crippen molar-refractivity contribution in [3.8, 4) is 0 Å². The number of nitrogens with zero attached hydrogens (tertiary/aromatic N) is 2. The number of rotatable bonds is 7. The van der Waals surface area contributed by atoms with Gasteiger partial charge in [-0.15, -0.1) is 0 Å². The van der Waals surface area contributed by atoms with Crippen LogP contribution in [-0.4, -0.2) is 65.9 Å². The van der Waals surface area contributed by atoms with Crippen molar-refractivity contribution in [1.82, 2.24) is 20.1 Å². The van der Waals surface area contributed by atoms with E-state index in [-0.39, 0.29) is 11.8 Å². The highest BCUT2D eigenvalue weighted by Crippen LogP contribution is 2.23. The molecule has 4 rings (SSSR count). The van der Waals surface area contributed by atoms with Crippen LogP contribution >= 0.6 is 0 Å². The fraction of sp³-hybridized carbons (Fsp3) is 0.565. The monoisotopic (exact) mass is 396 g/mol. The molecule has 6 heteroatoms. The molecular formula is C23H32N4O2. The molecule has 0 atom stereocenters. The van der Waals surface area contributed by atoms with Gasteiger partial charge in [-0.2, -0.15) is 0 Å². The molecular weight excluding hydrogens is 364 g/mol. The third kappa shape index (κ3) is 5.18. The normalized spacial score (nSPS) is 18.4. The summed E-state index contributed by atoms with van der Waals surface area (Å²) in [6, 6.07) is 9.88. The Kier molecular flexibility index (Phi) is 6.49. The Morgan fingerprint density at radius 3 is 2.59 bits per heavy atom. The second-order valence-electron chi connectivity index (χ2n) is 8.46. The Labute approximate surface area is 172 Å². The molecule has 0 radical (unpaired) electrons. The molecule has 0 aliphatic carbocycles. The van der Waals surface area contributed by atoms with Crippen molar-refractivity contribution in [2.75, 3.05) is 39.3 Å². The lowest BCUT2D eigenvalue weighted by Gasteiger charge is -2.31. The maximum atomic E-state index is 12.8. The number of para-hydroxylation sites is 1. The zero-order chi connectivity index (χ0) is 20.1. The van der Waals surface area contributed by atoms with Gasteiger partial charge in [0, 0.05) is 37.0 Å². The molecule has 0 unspecified atom stereocenters. The van der Waals surface area contributed by atoms with Crippen LogP contribution in [0.3, 0.4) is 0 Å². The highest BCUT2D eigenvalue weighted by atomic mass is 16.2. The first-order valence-electron chi connectivity index (χ1n) is 11.0. The largest absolute Gasteiger partial charge is 0.356 e. The van der Waals surface area contributed by atoms with E-state index in [0.717, 1.165) is 56.3 Å². The minimum absolute atomic E-state index is 0.0611. The van der Waals surface area contributed by atoms with E-state index in [9.17, 15) is 9.59 Å². The van der Waals surface area contributed by atoms with Gasteiger partial charge in [-0.05, 0) is 69.8 Å². The van der Waals surface area contributed by atoms with Gasteiger partial charge < -0.3 is 20.1 Å². The summed E-state index contributed by atoms with van der Waals surface area (Å²) < 4.78 is 0. The Morgan fingerprint density at radius 1 is 1.07 bits per heavy atom. The van der Waals surface area contributed by atoms with Crippen LogP contribution in [0.2, 0.25) is 0 Å². The third-order valence-electron chi connectivity index (χ3n) is 6.31. The molecule has 6 nitrogen and oxygen atoms in total. The minimum atomic E-state index is 0.0611. The van der Waals surface area contributed by atoms with E-state index >= 15 is 0 Å². The standard InChI is InChI=1S/C23H32N4O2/c28-22(24-10-5-13-26-11-3-4-12-26)16-18-8-14-27(15-9-18)23(29)21-17-19-6-1-2-7-20(19)25-21/h1-2,6-7,17-18,25H,3-5,8-16H2,(H,24,28). The molecule has 2 amide bonds. The summed E-state index contributed by atoms with van der Waals surface area (Å²) in [5, 5.41) is 4.14. The molecule has 0 saturated carbocycles. The summed E-state index contributed by atoms with van der Waals surface area (Å²) in [4.78, 5) is 32.6. The number of fused-ring (bicyclic) bond motifs is 1. The molecule has 0 spiro atoms. The lowest BCUT2D eigenvalue weighted by atomic mass is 9.93. The molecule has 1 aromatic heterocycles. The van der Waals surface area contributed by atoms with Crippen molar-refractivity contribution >= 4 is 22.7 Å². The molecule has 29 heavy (non-hydrogen) atoms. The summed E-state index contributed by atoms with van der Waals surface area (Å²) in [5.41, 5.74) is 1.65. The number of nitrogens with one attached hydrogen (secondary N) is 2. The van der Waals surface area contributed by atoms with Gasteiger partial charge in [-0.25, -0.2) is 0 Å². The van der Waals surface area contributed by atoms with E-state index in [2.05, 4.69) is 15.2 Å². The van der Waals surface area contributed by atoms with Gasteiger partial charge in [-0.1, -0.05) is 18.2 Å². The maximum Gasteiger partial charge on any atom is 0.270 e. The summed E-state index contributed by atoms with van der Waals surface area (Å²) in [6.07, 6.45) is 6.03. The Hall–Kier alpha value is -2.34. The van der Waals surface area contributed by atoms with Crippen molar-refractivity contribution in [2.24, 2.45) is 5.92 Å².